The van der Waals surface area contributed by atoms with Crippen LogP contribution in [-0.4, -0.2) is 45.2 Å². The summed E-state index contributed by atoms with van der Waals surface area (Å²) in [5, 5.41) is 6.73. The zero-order chi connectivity index (χ0) is 21.2. The van der Waals surface area contributed by atoms with E-state index in [1.165, 1.54) is 0 Å². The molecule has 0 unspecified atom stereocenters. The molecule has 3 rings (SSSR count). The van der Waals surface area contributed by atoms with E-state index in [2.05, 4.69) is 24.5 Å². The summed E-state index contributed by atoms with van der Waals surface area (Å²) in [6.45, 7) is 9.55. The van der Waals surface area contributed by atoms with Crippen LogP contribution in [0.5, 0.6) is 11.5 Å². The second-order valence-electron chi connectivity index (χ2n) is 7.65. The molecule has 0 spiro atoms. The van der Waals surface area contributed by atoms with Gasteiger partial charge >= 0.3 is 0 Å². The third-order valence-corrected chi connectivity index (χ3v) is 5.15. The number of ketones is 1. The number of nitrogens with one attached hydrogen (secondary N) is 2. The zero-order valence-electron chi connectivity index (χ0n) is 18.3. The van der Waals surface area contributed by atoms with E-state index in [1.807, 2.05) is 36.4 Å². The Labute approximate surface area is 180 Å². The number of benzene rings is 2. The highest BCUT2D eigenvalue weighted by molar-refractivity contribution is 6.22. The summed E-state index contributed by atoms with van der Waals surface area (Å²) >= 11 is 0. The predicted octanol–water partition coefficient (Wildman–Crippen LogP) is 4.44. The summed E-state index contributed by atoms with van der Waals surface area (Å²) in [5.41, 5.74) is 3.38. The highest BCUT2D eigenvalue weighted by atomic mass is 16.5. The quantitative estimate of drug-likeness (QED) is 0.385. The predicted molar refractivity (Wildman–Crippen MR) is 122 cm³/mol. The van der Waals surface area contributed by atoms with Crippen LogP contribution >= 0.6 is 0 Å². The Balaban J connectivity index is 1.55. The molecule has 2 N–H and O–H groups in total. The average Bonchev–Trinajstić information content (AvgIpc) is 3.04. The van der Waals surface area contributed by atoms with Crippen LogP contribution in [0.15, 0.2) is 36.4 Å². The minimum Gasteiger partial charge on any atom is -0.494 e. The molecule has 0 saturated carbocycles. The van der Waals surface area contributed by atoms with E-state index in [0.717, 1.165) is 74.5 Å². The Morgan fingerprint density at radius 2 is 1.13 bits per heavy atom. The fourth-order valence-corrected chi connectivity index (χ4v) is 3.59. The fraction of sp³-hybridized carbons (Fsp3) is 0.480. The van der Waals surface area contributed by atoms with Crippen molar-refractivity contribution in [2.75, 3.05) is 39.4 Å². The minimum absolute atomic E-state index is 0.0464. The van der Waals surface area contributed by atoms with Crippen LogP contribution < -0.4 is 20.1 Å². The molecule has 0 atom stereocenters. The van der Waals surface area contributed by atoms with E-state index >= 15 is 0 Å². The van der Waals surface area contributed by atoms with Crippen molar-refractivity contribution in [3.8, 4) is 22.6 Å². The Morgan fingerprint density at radius 3 is 1.57 bits per heavy atom. The molecule has 0 saturated heterocycles. The summed E-state index contributed by atoms with van der Waals surface area (Å²) < 4.78 is 11.7. The van der Waals surface area contributed by atoms with Crippen molar-refractivity contribution < 1.29 is 14.3 Å². The number of fused-ring (bicyclic) bond motifs is 3. The first-order chi connectivity index (χ1) is 14.7. The van der Waals surface area contributed by atoms with Gasteiger partial charge in [-0.2, -0.15) is 0 Å². The highest BCUT2D eigenvalue weighted by Crippen LogP contribution is 2.39. The number of rotatable bonds is 14. The van der Waals surface area contributed by atoms with Crippen molar-refractivity contribution in [2.24, 2.45) is 0 Å². The van der Waals surface area contributed by atoms with Gasteiger partial charge in [0, 0.05) is 11.1 Å². The molecule has 5 nitrogen and oxygen atoms in total. The van der Waals surface area contributed by atoms with Gasteiger partial charge in [0.05, 0.1) is 13.2 Å². The number of ether oxygens (including phenoxy) is 2. The Morgan fingerprint density at radius 1 is 0.667 bits per heavy atom. The van der Waals surface area contributed by atoms with E-state index in [-0.39, 0.29) is 5.78 Å². The summed E-state index contributed by atoms with van der Waals surface area (Å²) in [6.07, 6.45) is 4.16. The van der Waals surface area contributed by atoms with Gasteiger partial charge in [-0.3, -0.25) is 4.79 Å². The van der Waals surface area contributed by atoms with E-state index in [1.54, 1.807) is 0 Å². The maximum atomic E-state index is 13.0. The Bertz CT molecular complexity index is 768. The van der Waals surface area contributed by atoms with Crippen molar-refractivity contribution in [2.45, 2.75) is 39.5 Å². The van der Waals surface area contributed by atoms with Gasteiger partial charge in [-0.1, -0.05) is 13.8 Å². The molecule has 0 heterocycles. The number of hydrogen-bond acceptors (Lipinski definition) is 5. The van der Waals surface area contributed by atoms with Crippen LogP contribution in [0.3, 0.4) is 0 Å². The van der Waals surface area contributed by atoms with Crippen LogP contribution in [0.1, 0.15) is 55.5 Å². The SMILES string of the molecule is CCCNCCCOc1ccc2c(c1)C(=O)c1cc(OCCCNCCC)ccc1-2. The van der Waals surface area contributed by atoms with Crippen LogP contribution in [0, 0.1) is 0 Å². The Kier molecular flexibility index (Phi) is 8.72. The smallest absolute Gasteiger partial charge is 0.194 e. The van der Waals surface area contributed by atoms with Gasteiger partial charge in [0.15, 0.2) is 5.78 Å². The molecule has 0 fully saturated rings. The van der Waals surface area contributed by atoms with Crippen molar-refractivity contribution in [3.63, 3.8) is 0 Å². The van der Waals surface area contributed by atoms with Gasteiger partial charge < -0.3 is 20.1 Å². The lowest BCUT2D eigenvalue weighted by molar-refractivity contribution is 0.104. The Hall–Kier alpha value is -2.37. The van der Waals surface area contributed by atoms with E-state index < -0.39 is 0 Å². The summed E-state index contributed by atoms with van der Waals surface area (Å²) in [7, 11) is 0. The minimum atomic E-state index is 0.0464. The van der Waals surface area contributed by atoms with Crippen molar-refractivity contribution in [1.29, 1.82) is 0 Å². The lowest BCUT2D eigenvalue weighted by atomic mass is 10.1. The number of hydrogen-bond donors (Lipinski definition) is 2. The largest absolute Gasteiger partial charge is 0.494 e. The van der Waals surface area contributed by atoms with Crippen LogP contribution in [-0.2, 0) is 0 Å². The number of carbonyl (C=O) groups excluding carboxylic acids is 1. The molecule has 0 aliphatic heterocycles. The lowest BCUT2D eigenvalue weighted by Gasteiger charge is -2.09. The molecule has 162 valence electrons. The zero-order valence-corrected chi connectivity index (χ0v) is 18.3. The van der Waals surface area contributed by atoms with Gasteiger partial charge in [-0.25, -0.2) is 0 Å². The third kappa shape index (κ3) is 5.83. The van der Waals surface area contributed by atoms with Gasteiger partial charge in [0.25, 0.3) is 0 Å². The monoisotopic (exact) mass is 410 g/mol. The molecule has 2 aromatic rings. The summed E-state index contributed by atoms with van der Waals surface area (Å²) in [4.78, 5) is 13.0. The molecular weight excluding hydrogens is 376 g/mol. The maximum Gasteiger partial charge on any atom is 0.194 e. The topological polar surface area (TPSA) is 59.6 Å². The normalized spacial score (nSPS) is 12.0. The summed E-state index contributed by atoms with van der Waals surface area (Å²) in [6, 6.07) is 11.6. The van der Waals surface area contributed by atoms with Gasteiger partial charge in [-0.15, -0.1) is 0 Å². The number of carbonyl (C=O) groups is 1. The molecule has 0 bridgehead atoms. The maximum absolute atomic E-state index is 13.0. The van der Waals surface area contributed by atoms with Crippen molar-refractivity contribution in [3.05, 3.63) is 47.5 Å². The first kappa shape index (κ1) is 22.3. The second kappa shape index (κ2) is 11.7. The van der Waals surface area contributed by atoms with Gasteiger partial charge in [0.2, 0.25) is 0 Å². The first-order valence-electron chi connectivity index (χ1n) is 11.2. The molecule has 5 heteroatoms. The van der Waals surface area contributed by atoms with E-state index in [4.69, 9.17) is 9.47 Å². The highest BCUT2D eigenvalue weighted by Gasteiger charge is 2.27. The molecular formula is C25H34N2O3. The summed E-state index contributed by atoms with van der Waals surface area (Å²) in [5.74, 6) is 1.55. The van der Waals surface area contributed by atoms with Crippen LogP contribution in [0.25, 0.3) is 11.1 Å². The molecule has 0 amide bonds. The van der Waals surface area contributed by atoms with Crippen molar-refractivity contribution >= 4 is 5.78 Å². The molecule has 1 aliphatic rings. The van der Waals surface area contributed by atoms with Crippen LogP contribution in [0.2, 0.25) is 0 Å². The van der Waals surface area contributed by atoms with Crippen LogP contribution in [0.4, 0.5) is 0 Å². The third-order valence-electron chi connectivity index (χ3n) is 5.15. The fourth-order valence-electron chi connectivity index (χ4n) is 3.59. The second-order valence-corrected chi connectivity index (χ2v) is 7.65. The van der Waals surface area contributed by atoms with Crippen molar-refractivity contribution in [1.82, 2.24) is 10.6 Å². The molecule has 2 aromatic carbocycles. The van der Waals surface area contributed by atoms with E-state index in [9.17, 15) is 4.79 Å². The lowest BCUT2D eigenvalue weighted by Crippen LogP contribution is -2.18. The van der Waals surface area contributed by atoms with E-state index in [0.29, 0.717) is 24.3 Å². The van der Waals surface area contributed by atoms with Gasteiger partial charge in [0.1, 0.15) is 11.5 Å². The molecule has 1 aliphatic carbocycles. The van der Waals surface area contributed by atoms with Gasteiger partial charge in [-0.05, 0) is 99.4 Å². The molecule has 0 aromatic heterocycles. The molecule has 0 radical (unpaired) electrons. The average molecular weight is 411 g/mol. The molecule has 30 heavy (non-hydrogen) atoms. The standard InChI is InChI=1S/C25H34N2O3/c1-3-11-26-13-5-15-29-19-7-9-21-22-10-8-20(30-16-6-14-27-12-4-2)18-24(22)25(28)23(21)17-19/h7-10,17-18,26-27H,3-6,11-16H2,1-2H3. The first-order valence-corrected chi connectivity index (χ1v) is 11.2.